The Morgan fingerprint density at radius 1 is 1.04 bits per heavy atom. The lowest BCUT2D eigenvalue weighted by molar-refractivity contribution is 0.0584. The fourth-order valence-corrected chi connectivity index (χ4v) is 3.19. The van der Waals surface area contributed by atoms with Crippen molar-refractivity contribution < 1.29 is 19.7 Å². The van der Waals surface area contributed by atoms with Gasteiger partial charge in [0.15, 0.2) is 0 Å². The van der Waals surface area contributed by atoms with Crippen LogP contribution in [0.15, 0.2) is 36.4 Å². The second-order valence-electron chi connectivity index (χ2n) is 7.71. The summed E-state index contributed by atoms with van der Waals surface area (Å²) in [4.78, 5) is 13.6. The highest BCUT2D eigenvalue weighted by Crippen LogP contribution is 2.31. The molecule has 0 spiro atoms. The normalized spacial score (nSPS) is 14.0. The van der Waals surface area contributed by atoms with Crippen LogP contribution in [0.1, 0.15) is 31.9 Å². The topological polar surface area (TPSA) is 82.0 Å². The molecule has 0 aromatic heterocycles. The van der Waals surface area contributed by atoms with E-state index in [2.05, 4.69) is 5.32 Å². The molecule has 6 nitrogen and oxygen atoms in total. The second kappa shape index (κ2) is 8.61. The van der Waals surface area contributed by atoms with Crippen molar-refractivity contribution in [2.75, 3.05) is 23.3 Å². The van der Waals surface area contributed by atoms with E-state index in [1.54, 1.807) is 29.2 Å². The van der Waals surface area contributed by atoms with Gasteiger partial charge in [-0.3, -0.25) is 4.90 Å². The molecule has 0 unspecified atom stereocenters. The number of carbonyl (C=O) groups is 1. The van der Waals surface area contributed by atoms with E-state index in [1.165, 1.54) is 5.56 Å². The van der Waals surface area contributed by atoms with Gasteiger partial charge in [-0.15, -0.1) is 12.4 Å². The predicted molar refractivity (Wildman–Crippen MR) is 113 cm³/mol. The average Bonchev–Trinajstić information content (AvgIpc) is 3.19. The lowest BCUT2D eigenvalue weighted by atomic mass is 10.1. The molecule has 1 amide bonds. The Morgan fingerprint density at radius 3 is 2.36 bits per heavy atom. The number of aromatic hydroxyl groups is 2. The van der Waals surface area contributed by atoms with Gasteiger partial charge in [0, 0.05) is 18.8 Å². The van der Waals surface area contributed by atoms with Crippen LogP contribution in [0.25, 0.3) is 0 Å². The van der Waals surface area contributed by atoms with E-state index in [-0.39, 0.29) is 24.2 Å². The molecule has 7 heteroatoms. The van der Waals surface area contributed by atoms with E-state index >= 15 is 0 Å². The first-order valence-electron chi connectivity index (χ1n) is 9.11. The quantitative estimate of drug-likeness (QED) is 0.562. The number of hydrogen-bond acceptors (Lipinski definition) is 5. The summed E-state index contributed by atoms with van der Waals surface area (Å²) < 4.78 is 5.33. The van der Waals surface area contributed by atoms with E-state index in [4.69, 9.17) is 9.84 Å². The zero-order valence-corrected chi connectivity index (χ0v) is 17.2. The van der Waals surface area contributed by atoms with Crippen LogP contribution < -0.4 is 10.2 Å². The number of nitrogens with one attached hydrogen (secondary N) is 1. The van der Waals surface area contributed by atoms with E-state index in [0.29, 0.717) is 12.3 Å². The van der Waals surface area contributed by atoms with E-state index in [0.717, 1.165) is 36.3 Å². The van der Waals surface area contributed by atoms with E-state index < -0.39 is 5.60 Å². The lowest BCUT2D eigenvalue weighted by Gasteiger charge is -2.24. The highest BCUT2D eigenvalue weighted by molar-refractivity contribution is 5.90. The zero-order valence-electron chi connectivity index (χ0n) is 16.4. The molecule has 28 heavy (non-hydrogen) atoms. The highest BCUT2D eigenvalue weighted by Gasteiger charge is 2.28. The first-order valence-corrected chi connectivity index (χ1v) is 9.11. The summed E-state index contributed by atoms with van der Waals surface area (Å²) in [6.07, 6.45) is 1.45. The minimum Gasteiger partial charge on any atom is -0.508 e. The second-order valence-corrected chi connectivity index (χ2v) is 7.71. The number of anilines is 2. The van der Waals surface area contributed by atoms with Crippen molar-refractivity contribution in [3.63, 3.8) is 0 Å². The van der Waals surface area contributed by atoms with Gasteiger partial charge in [-0.25, -0.2) is 4.79 Å². The molecular formula is C21H27ClN2O4. The molecule has 2 aromatic carbocycles. The van der Waals surface area contributed by atoms with Gasteiger partial charge in [0.25, 0.3) is 0 Å². The van der Waals surface area contributed by atoms with Crippen molar-refractivity contribution in [1.82, 2.24) is 0 Å². The molecule has 0 atom stereocenters. The number of phenols is 2. The number of ether oxygens (including phenoxy) is 1. The number of fused-ring (bicyclic) bond motifs is 2. The third-order valence-corrected chi connectivity index (χ3v) is 4.37. The maximum absolute atomic E-state index is 11.9. The number of benzene rings is 2. The Kier molecular flexibility index (Phi) is 6.67. The first kappa shape index (κ1) is 21.7. The summed E-state index contributed by atoms with van der Waals surface area (Å²) >= 11 is 0. The van der Waals surface area contributed by atoms with Gasteiger partial charge >= 0.3 is 6.09 Å². The fraction of sp³-hybridized carbons (Fsp3) is 0.381. The van der Waals surface area contributed by atoms with Gasteiger partial charge < -0.3 is 20.3 Å². The first-order chi connectivity index (χ1) is 12.7. The van der Waals surface area contributed by atoms with Crippen molar-refractivity contribution in [2.45, 2.75) is 39.2 Å². The largest absolute Gasteiger partial charge is 0.508 e. The number of nitrogens with zero attached hydrogens (tertiary/aromatic N) is 1. The number of phenolic OH excluding ortho intramolecular Hbond substituents is 2. The summed E-state index contributed by atoms with van der Waals surface area (Å²) in [6, 6.07) is 10.5. The number of rotatable bonds is 0. The molecule has 0 radical (unpaired) electrons. The van der Waals surface area contributed by atoms with Gasteiger partial charge in [-0.05, 0) is 81.1 Å². The predicted octanol–water partition coefficient (Wildman–Crippen LogP) is 4.47. The number of halogens is 1. The summed E-state index contributed by atoms with van der Waals surface area (Å²) in [7, 11) is 0. The number of carbonyl (C=O) groups excluding carboxylic acids is 1. The van der Waals surface area contributed by atoms with Crippen molar-refractivity contribution in [1.29, 1.82) is 0 Å². The molecule has 0 saturated heterocycles. The molecule has 0 saturated carbocycles. The van der Waals surface area contributed by atoms with Crippen LogP contribution in [0.4, 0.5) is 16.2 Å². The Bertz CT molecular complexity index is 849. The zero-order chi connectivity index (χ0) is 19.6. The van der Waals surface area contributed by atoms with Crippen LogP contribution in [0.3, 0.4) is 0 Å². The molecule has 0 bridgehead atoms. The van der Waals surface area contributed by atoms with Crippen LogP contribution in [0.2, 0.25) is 0 Å². The Balaban J connectivity index is 0.000000217. The minimum absolute atomic E-state index is 0. The van der Waals surface area contributed by atoms with Crippen LogP contribution in [-0.2, 0) is 17.6 Å². The fourth-order valence-electron chi connectivity index (χ4n) is 3.19. The molecule has 0 fully saturated rings. The lowest BCUT2D eigenvalue weighted by Crippen LogP contribution is -2.35. The van der Waals surface area contributed by atoms with Crippen LogP contribution >= 0.6 is 12.4 Å². The minimum atomic E-state index is -0.489. The molecule has 3 N–H and O–H groups in total. The Labute approximate surface area is 171 Å². The molecule has 152 valence electrons. The van der Waals surface area contributed by atoms with Crippen molar-refractivity contribution in [3.05, 3.63) is 47.5 Å². The summed E-state index contributed by atoms with van der Waals surface area (Å²) in [5.41, 5.74) is 3.71. The summed E-state index contributed by atoms with van der Waals surface area (Å²) in [5, 5.41) is 21.7. The van der Waals surface area contributed by atoms with Gasteiger partial charge in [0.1, 0.15) is 17.1 Å². The molecule has 2 heterocycles. The van der Waals surface area contributed by atoms with Crippen molar-refractivity contribution in [3.8, 4) is 11.5 Å². The summed E-state index contributed by atoms with van der Waals surface area (Å²) in [6.45, 7) is 7.14. The molecule has 4 rings (SSSR count). The standard InChI is InChI=1S/C13H17NO3.C8H9NO.ClH/c1-13(2,3)17-12(16)14-7-6-9-8-10(15)4-5-11(9)14;10-7-1-2-8-6(5-7)3-4-9-8;/h4-5,8,15H,6-7H2,1-3H3;1-2,5,9-10H,3-4H2;1H. The highest BCUT2D eigenvalue weighted by atomic mass is 35.5. The van der Waals surface area contributed by atoms with E-state index in [9.17, 15) is 9.90 Å². The third-order valence-electron chi connectivity index (χ3n) is 4.37. The number of amides is 1. The third kappa shape index (κ3) is 5.23. The maximum Gasteiger partial charge on any atom is 0.414 e. The average molecular weight is 407 g/mol. The monoisotopic (exact) mass is 406 g/mol. The molecule has 2 aliphatic heterocycles. The molecular weight excluding hydrogens is 380 g/mol. The number of hydrogen-bond donors (Lipinski definition) is 3. The van der Waals surface area contributed by atoms with Crippen molar-refractivity contribution >= 4 is 29.9 Å². The van der Waals surface area contributed by atoms with Crippen LogP contribution in [0, 0.1) is 0 Å². The SMILES string of the molecule is CC(C)(C)OC(=O)N1CCc2cc(O)ccc21.Cl.Oc1ccc2c(c1)CCN2. The van der Waals surface area contributed by atoms with Crippen LogP contribution in [-0.4, -0.2) is 35.0 Å². The molecule has 2 aromatic rings. The van der Waals surface area contributed by atoms with Gasteiger partial charge in [0.2, 0.25) is 0 Å². The van der Waals surface area contributed by atoms with Gasteiger partial charge in [0.05, 0.1) is 5.69 Å². The maximum atomic E-state index is 11.9. The van der Waals surface area contributed by atoms with Crippen LogP contribution in [0.5, 0.6) is 11.5 Å². The van der Waals surface area contributed by atoms with Gasteiger partial charge in [-0.2, -0.15) is 0 Å². The smallest absolute Gasteiger partial charge is 0.414 e. The molecule has 2 aliphatic rings. The van der Waals surface area contributed by atoms with Gasteiger partial charge in [-0.1, -0.05) is 0 Å². The molecule has 0 aliphatic carbocycles. The summed E-state index contributed by atoms with van der Waals surface area (Å²) in [5.74, 6) is 0.595. The Hall–Kier alpha value is -2.60. The Morgan fingerprint density at radius 2 is 1.68 bits per heavy atom. The van der Waals surface area contributed by atoms with E-state index in [1.807, 2.05) is 32.9 Å². The van der Waals surface area contributed by atoms with Crippen molar-refractivity contribution in [2.24, 2.45) is 0 Å².